The molecule has 1 atom stereocenters. The maximum atomic E-state index is 11.8. The van der Waals surface area contributed by atoms with Crippen molar-refractivity contribution in [1.29, 1.82) is 0 Å². The fourth-order valence-electron chi connectivity index (χ4n) is 1.41. The van der Waals surface area contributed by atoms with Crippen LogP contribution in [0.2, 0.25) is 0 Å². The van der Waals surface area contributed by atoms with E-state index >= 15 is 0 Å². The Morgan fingerprint density at radius 1 is 1.29 bits per heavy atom. The summed E-state index contributed by atoms with van der Waals surface area (Å²) in [7, 11) is 0. The molecule has 0 radical (unpaired) electrons. The van der Waals surface area contributed by atoms with Crippen LogP contribution in [0.15, 0.2) is 18.2 Å². The number of benzene rings is 1. The minimum Gasteiger partial charge on any atom is -0.324 e. The lowest BCUT2D eigenvalue weighted by Crippen LogP contribution is -2.39. The Bertz CT molecular complexity index is 391. The molecular formula is C13H21ClN2O. The molecular weight excluding hydrogens is 236 g/mol. The van der Waals surface area contributed by atoms with Gasteiger partial charge >= 0.3 is 0 Å². The smallest absolute Gasteiger partial charge is 0.241 e. The van der Waals surface area contributed by atoms with Crippen LogP contribution in [0.25, 0.3) is 0 Å². The van der Waals surface area contributed by atoms with Gasteiger partial charge in [-0.2, -0.15) is 0 Å². The molecule has 1 aromatic rings. The van der Waals surface area contributed by atoms with Crippen LogP contribution in [0.5, 0.6) is 0 Å². The number of carbonyl (C=O) groups excluding carboxylic acids is 1. The molecule has 0 saturated carbocycles. The molecule has 17 heavy (non-hydrogen) atoms. The highest BCUT2D eigenvalue weighted by molar-refractivity contribution is 5.95. The highest BCUT2D eigenvalue weighted by atomic mass is 35.5. The zero-order chi connectivity index (χ0) is 12.3. The van der Waals surface area contributed by atoms with Crippen LogP contribution in [0.1, 0.15) is 25.0 Å². The summed E-state index contributed by atoms with van der Waals surface area (Å²) in [4.78, 5) is 11.8. The van der Waals surface area contributed by atoms with E-state index in [1.165, 1.54) is 0 Å². The summed E-state index contributed by atoms with van der Waals surface area (Å²) in [5.41, 5.74) is 8.88. The molecule has 0 aliphatic carbocycles. The van der Waals surface area contributed by atoms with Crippen molar-refractivity contribution in [2.75, 3.05) is 5.32 Å². The van der Waals surface area contributed by atoms with Gasteiger partial charge in [-0.15, -0.1) is 12.4 Å². The Kier molecular flexibility index (Phi) is 6.21. The first-order valence-electron chi connectivity index (χ1n) is 5.56. The van der Waals surface area contributed by atoms with Gasteiger partial charge in [-0.05, 0) is 37.0 Å². The fourth-order valence-corrected chi connectivity index (χ4v) is 1.41. The summed E-state index contributed by atoms with van der Waals surface area (Å²) in [6, 6.07) is 5.39. The lowest BCUT2D eigenvalue weighted by Gasteiger charge is -2.17. The number of aryl methyl sites for hydroxylation is 1. The number of hydrogen-bond acceptors (Lipinski definition) is 2. The average molecular weight is 257 g/mol. The van der Waals surface area contributed by atoms with E-state index in [1.807, 2.05) is 45.9 Å². The lowest BCUT2D eigenvalue weighted by molar-refractivity contribution is -0.118. The molecule has 0 aliphatic rings. The van der Waals surface area contributed by atoms with Crippen molar-refractivity contribution in [3.05, 3.63) is 29.3 Å². The molecule has 3 nitrogen and oxygen atoms in total. The third kappa shape index (κ3) is 4.02. The first kappa shape index (κ1) is 15.9. The highest BCUT2D eigenvalue weighted by Crippen LogP contribution is 2.18. The van der Waals surface area contributed by atoms with Crippen molar-refractivity contribution in [2.24, 2.45) is 11.7 Å². The summed E-state index contributed by atoms with van der Waals surface area (Å²) in [5.74, 6) is 0.0221. The van der Waals surface area contributed by atoms with Crippen LogP contribution < -0.4 is 11.1 Å². The highest BCUT2D eigenvalue weighted by Gasteiger charge is 2.17. The van der Waals surface area contributed by atoms with E-state index in [0.717, 1.165) is 16.8 Å². The van der Waals surface area contributed by atoms with Crippen LogP contribution in [0, 0.1) is 19.8 Å². The molecule has 4 heteroatoms. The summed E-state index contributed by atoms with van der Waals surface area (Å²) in [5, 5.41) is 2.87. The number of nitrogens with one attached hydrogen (secondary N) is 1. The second-order valence-corrected chi connectivity index (χ2v) is 4.51. The molecule has 3 N–H and O–H groups in total. The normalized spacial score (nSPS) is 11.9. The Hall–Kier alpha value is -1.06. The number of rotatable bonds is 3. The molecule has 1 aromatic carbocycles. The Morgan fingerprint density at radius 3 is 2.41 bits per heavy atom. The third-order valence-corrected chi connectivity index (χ3v) is 2.88. The van der Waals surface area contributed by atoms with Gasteiger partial charge in [0, 0.05) is 5.69 Å². The van der Waals surface area contributed by atoms with Crippen LogP contribution in [0.3, 0.4) is 0 Å². The molecule has 0 aliphatic heterocycles. The standard InChI is InChI=1S/C13H20N2O.ClH/c1-8(2)12(14)13(16)15-11-7-5-6-9(3)10(11)4;/h5-8,12H,14H2,1-4H3,(H,15,16);1H/t12-;/m1./s1. The van der Waals surface area contributed by atoms with Gasteiger partial charge in [0.1, 0.15) is 0 Å². The molecule has 0 saturated heterocycles. The Balaban J connectivity index is 0.00000256. The van der Waals surface area contributed by atoms with Crippen LogP contribution in [0.4, 0.5) is 5.69 Å². The van der Waals surface area contributed by atoms with E-state index in [2.05, 4.69) is 5.32 Å². The number of anilines is 1. The molecule has 1 amide bonds. The van der Waals surface area contributed by atoms with E-state index in [-0.39, 0.29) is 24.2 Å². The van der Waals surface area contributed by atoms with Crippen LogP contribution in [-0.2, 0) is 4.79 Å². The van der Waals surface area contributed by atoms with Gasteiger partial charge < -0.3 is 11.1 Å². The molecule has 96 valence electrons. The second-order valence-electron chi connectivity index (χ2n) is 4.51. The fraction of sp³-hybridized carbons (Fsp3) is 0.462. The third-order valence-electron chi connectivity index (χ3n) is 2.88. The molecule has 0 bridgehead atoms. The number of amides is 1. The van der Waals surface area contributed by atoms with Gasteiger partial charge in [-0.1, -0.05) is 26.0 Å². The second kappa shape index (κ2) is 6.62. The number of carbonyl (C=O) groups is 1. The maximum absolute atomic E-state index is 11.8. The summed E-state index contributed by atoms with van der Waals surface area (Å²) in [6.07, 6.45) is 0. The van der Waals surface area contributed by atoms with Gasteiger partial charge in [-0.3, -0.25) is 4.79 Å². The monoisotopic (exact) mass is 256 g/mol. The maximum Gasteiger partial charge on any atom is 0.241 e. The molecule has 0 heterocycles. The summed E-state index contributed by atoms with van der Waals surface area (Å²) < 4.78 is 0. The zero-order valence-corrected chi connectivity index (χ0v) is 11.6. The topological polar surface area (TPSA) is 55.1 Å². The Labute approximate surface area is 109 Å². The van der Waals surface area contributed by atoms with Gasteiger partial charge in [0.25, 0.3) is 0 Å². The number of nitrogens with two attached hydrogens (primary N) is 1. The average Bonchev–Trinajstić information content (AvgIpc) is 2.23. The first-order valence-corrected chi connectivity index (χ1v) is 5.56. The largest absolute Gasteiger partial charge is 0.324 e. The van der Waals surface area contributed by atoms with Crippen molar-refractivity contribution in [2.45, 2.75) is 33.7 Å². The Morgan fingerprint density at radius 2 is 1.88 bits per heavy atom. The van der Waals surface area contributed by atoms with Gasteiger partial charge in [0.05, 0.1) is 6.04 Å². The van der Waals surface area contributed by atoms with E-state index in [9.17, 15) is 4.79 Å². The molecule has 0 fully saturated rings. The van der Waals surface area contributed by atoms with Crippen molar-refractivity contribution >= 4 is 24.0 Å². The van der Waals surface area contributed by atoms with Crippen LogP contribution in [-0.4, -0.2) is 11.9 Å². The van der Waals surface area contributed by atoms with Crippen molar-refractivity contribution in [3.8, 4) is 0 Å². The van der Waals surface area contributed by atoms with Crippen molar-refractivity contribution < 1.29 is 4.79 Å². The molecule has 0 unspecified atom stereocenters. The molecule has 1 rings (SSSR count). The number of halogens is 1. The van der Waals surface area contributed by atoms with Crippen LogP contribution >= 0.6 is 12.4 Å². The van der Waals surface area contributed by atoms with Gasteiger partial charge in [0.15, 0.2) is 0 Å². The molecule has 0 aromatic heterocycles. The van der Waals surface area contributed by atoms with E-state index in [4.69, 9.17) is 5.73 Å². The van der Waals surface area contributed by atoms with Gasteiger partial charge in [0.2, 0.25) is 5.91 Å². The van der Waals surface area contributed by atoms with Gasteiger partial charge in [-0.25, -0.2) is 0 Å². The molecule has 0 spiro atoms. The van der Waals surface area contributed by atoms with Crippen molar-refractivity contribution in [1.82, 2.24) is 0 Å². The van der Waals surface area contributed by atoms with E-state index < -0.39 is 6.04 Å². The van der Waals surface area contributed by atoms with Crippen molar-refractivity contribution in [3.63, 3.8) is 0 Å². The minimum atomic E-state index is -0.458. The first-order chi connectivity index (χ1) is 7.43. The minimum absolute atomic E-state index is 0. The SMILES string of the molecule is Cc1cccc(NC(=O)[C@H](N)C(C)C)c1C.Cl. The van der Waals surface area contributed by atoms with E-state index in [1.54, 1.807) is 0 Å². The summed E-state index contributed by atoms with van der Waals surface area (Å²) >= 11 is 0. The van der Waals surface area contributed by atoms with E-state index in [0.29, 0.717) is 0 Å². The number of hydrogen-bond donors (Lipinski definition) is 2. The zero-order valence-electron chi connectivity index (χ0n) is 10.8. The predicted octanol–water partition coefficient (Wildman–Crippen LogP) is 2.65. The quantitative estimate of drug-likeness (QED) is 0.874. The summed E-state index contributed by atoms with van der Waals surface area (Å²) in [6.45, 7) is 7.89. The lowest BCUT2D eigenvalue weighted by atomic mass is 10.0. The predicted molar refractivity (Wildman–Crippen MR) is 74.6 cm³/mol.